The molecule has 0 aromatic rings. The Labute approximate surface area is 161 Å². The van der Waals surface area contributed by atoms with Crippen molar-refractivity contribution in [2.45, 2.75) is 31.6 Å². The molecule has 0 spiro atoms. The van der Waals surface area contributed by atoms with Gasteiger partial charge in [-0.25, -0.2) is 0 Å². The molecule has 0 amide bonds. The molecule has 0 fully saturated rings. The third-order valence-corrected chi connectivity index (χ3v) is 5.59. The van der Waals surface area contributed by atoms with Gasteiger partial charge in [0.15, 0.2) is 0 Å². The lowest BCUT2D eigenvalue weighted by Crippen LogP contribution is -2.31. The lowest BCUT2D eigenvalue weighted by atomic mass is 9.79. The van der Waals surface area contributed by atoms with Gasteiger partial charge in [0.05, 0.1) is 7.85 Å². The first kappa shape index (κ1) is 20.1. The summed E-state index contributed by atoms with van der Waals surface area (Å²) < 4.78 is 0. The van der Waals surface area contributed by atoms with Gasteiger partial charge in [-0.1, -0.05) is 75.2 Å². The molecule has 3 atom stereocenters. The summed E-state index contributed by atoms with van der Waals surface area (Å²) in [5.74, 6) is 1.02. The standard InChI is InChI=1S/C24H30BN/c1-6-10-12-20-15-18(14-19(20)8-3)16-22-21(9-4)23(13-11-7-2)26(5)24(22)17-25/h6-13,18,22,24H,1-4,14-17H2,5H3/b12-10-,13-11-. The van der Waals surface area contributed by atoms with Crippen molar-refractivity contribution >= 4 is 7.85 Å². The van der Waals surface area contributed by atoms with Crippen molar-refractivity contribution in [1.82, 2.24) is 4.90 Å². The number of hydrogen-bond acceptors (Lipinski definition) is 1. The van der Waals surface area contributed by atoms with E-state index in [-0.39, 0.29) is 0 Å². The van der Waals surface area contributed by atoms with E-state index < -0.39 is 0 Å². The van der Waals surface area contributed by atoms with Crippen molar-refractivity contribution in [3.05, 3.63) is 97.3 Å². The first-order chi connectivity index (χ1) is 12.6. The number of nitrogens with zero attached hydrogens (tertiary/aromatic N) is 1. The molecule has 0 saturated heterocycles. The molecule has 26 heavy (non-hydrogen) atoms. The van der Waals surface area contributed by atoms with Crippen LogP contribution in [0.4, 0.5) is 0 Å². The number of allylic oxidation sites excluding steroid dienone is 10. The summed E-state index contributed by atoms with van der Waals surface area (Å²) in [5.41, 5.74) is 5.26. The fourth-order valence-corrected chi connectivity index (χ4v) is 4.34. The summed E-state index contributed by atoms with van der Waals surface area (Å²) in [6.07, 6.45) is 19.9. The molecule has 3 unspecified atom stereocenters. The summed E-state index contributed by atoms with van der Waals surface area (Å²) >= 11 is 0. The highest BCUT2D eigenvalue weighted by Gasteiger charge is 2.37. The van der Waals surface area contributed by atoms with Gasteiger partial charge in [-0.2, -0.15) is 0 Å². The predicted molar refractivity (Wildman–Crippen MR) is 116 cm³/mol. The predicted octanol–water partition coefficient (Wildman–Crippen LogP) is 5.71. The molecule has 1 aliphatic carbocycles. The fraction of sp³-hybridized carbons (Fsp3) is 0.333. The molecule has 0 aromatic heterocycles. The first-order valence-corrected chi connectivity index (χ1v) is 9.33. The van der Waals surface area contributed by atoms with Crippen LogP contribution in [0.15, 0.2) is 97.3 Å². The Balaban J connectivity index is 2.23. The van der Waals surface area contributed by atoms with Crippen LogP contribution in [0.3, 0.4) is 0 Å². The molecule has 0 bridgehead atoms. The molecular weight excluding hydrogens is 313 g/mol. The maximum atomic E-state index is 6.15. The van der Waals surface area contributed by atoms with Crippen LogP contribution in [0.5, 0.6) is 0 Å². The van der Waals surface area contributed by atoms with Gasteiger partial charge in [0.2, 0.25) is 0 Å². The van der Waals surface area contributed by atoms with E-state index in [1.165, 1.54) is 22.4 Å². The number of hydrogen-bond donors (Lipinski definition) is 0. The normalized spacial score (nSPS) is 26.3. The second-order valence-electron chi connectivity index (χ2n) is 7.02. The van der Waals surface area contributed by atoms with Crippen LogP contribution in [0.25, 0.3) is 0 Å². The Morgan fingerprint density at radius 1 is 1.00 bits per heavy atom. The van der Waals surface area contributed by atoms with Gasteiger partial charge in [0, 0.05) is 24.7 Å². The summed E-state index contributed by atoms with van der Waals surface area (Å²) in [6.45, 7) is 15.6. The van der Waals surface area contributed by atoms with Gasteiger partial charge in [-0.05, 0) is 48.0 Å². The van der Waals surface area contributed by atoms with E-state index in [1.54, 1.807) is 0 Å². The number of rotatable bonds is 9. The molecule has 2 radical (unpaired) electrons. The van der Waals surface area contributed by atoms with E-state index in [9.17, 15) is 0 Å². The number of likely N-dealkylation sites (N-methyl/N-ethyl adjacent to an activating group) is 1. The van der Waals surface area contributed by atoms with Crippen LogP contribution in [-0.4, -0.2) is 25.8 Å². The highest BCUT2D eigenvalue weighted by Crippen LogP contribution is 2.44. The van der Waals surface area contributed by atoms with Crippen LogP contribution >= 0.6 is 0 Å². The second kappa shape index (κ2) is 9.47. The van der Waals surface area contributed by atoms with Gasteiger partial charge in [0.25, 0.3) is 0 Å². The maximum absolute atomic E-state index is 6.15. The van der Waals surface area contributed by atoms with Crippen molar-refractivity contribution in [1.29, 1.82) is 0 Å². The maximum Gasteiger partial charge on any atom is 0.0681 e. The topological polar surface area (TPSA) is 3.24 Å². The smallest absolute Gasteiger partial charge is 0.0681 e. The van der Waals surface area contributed by atoms with Crippen LogP contribution in [0.2, 0.25) is 6.32 Å². The Hall–Kier alpha value is -2.22. The lowest BCUT2D eigenvalue weighted by molar-refractivity contribution is 0.274. The Bertz CT molecular complexity index is 689. The molecule has 0 saturated carbocycles. The van der Waals surface area contributed by atoms with Crippen molar-refractivity contribution in [2.75, 3.05) is 7.05 Å². The molecule has 1 nitrogen and oxygen atoms in total. The summed E-state index contributed by atoms with van der Waals surface area (Å²) in [4.78, 5) is 2.30. The quantitative estimate of drug-likeness (QED) is 0.383. The van der Waals surface area contributed by atoms with Crippen LogP contribution in [-0.2, 0) is 0 Å². The van der Waals surface area contributed by atoms with Crippen molar-refractivity contribution in [3.63, 3.8) is 0 Å². The highest BCUT2D eigenvalue weighted by atomic mass is 15.2. The molecule has 0 aromatic carbocycles. The Kier molecular flexibility index (Phi) is 7.32. The van der Waals surface area contributed by atoms with E-state index in [1.807, 2.05) is 36.5 Å². The third-order valence-electron chi connectivity index (χ3n) is 5.59. The van der Waals surface area contributed by atoms with Gasteiger partial charge in [0.1, 0.15) is 0 Å². The summed E-state index contributed by atoms with van der Waals surface area (Å²) in [6, 6.07) is 0.312. The van der Waals surface area contributed by atoms with Crippen LogP contribution in [0, 0.1) is 11.8 Å². The average Bonchev–Trinajstić information content (AvgIpc) is 3.15. The fourth-order valence-electron chi connectivity index (χ4n) is 4.34. The third kappa shape index (κ3) is 4.12. The zero-order valence-corrected chi connectivity index (χ0v) is 16.0. The minimum Gasteiger partial charge on any atom is -0.372 e. The molecule has 2 heteroatoms. The van der Waals surface area contributed by atoms with E-state index in [2.05, 4.69) is 50.4 Å². The van der Waals surface area contributed by atoms with E-state index in [4.69, 9.17) is 7.85 Å². The molecule has 134 valence electrons. The minimum absolute atomic E-state index is 0.312. The first-order valence-electron chi connectivity index (χ1n) is 9.33. The van der Waals surface area contributed by atoms with Crippen molar-refractivity contribution < 1.29 is 0 Å². The lowest BCUT2D eigenvalue weighted by Gasteiger charge is -2.29. The average molecular weight is 343 g/mol. The molecule has 1 heterocycles. The monoisotopic (exact) mass is 343 g/mol. The van der Waals surface area contributed by atoms with Gasteiger partial charge < -0.3 is 4.90 Å². The van der Waals surface area contributed by atoms with Gasteiger partial charge >= 0.3 is 0 Å². The van der Waals surface area contributed by atoms with Crippen molar-refractivity contribution in [3.8, 4) is 0 Å². The van der Waals surface area contributed by atoms with Gasteiger partial charge in [-0.15, -0.1) is 0 Å². The SMILES string of the molecule is [B]CC1C(CC2CC(C=C)=C(/C=C\C=C)C2)C(C=C)=C(/C=C\C=C)N1C. The highest BCUT2D eigenvalue weighted by molar-refractivity contribution is 6.09. The van der Waals surface area contributed by atoms with E-state index >= 15 is 0 Å². The van der Waals surface area contributed by atoms with E-state index in [0.29, 0.717) is 24.2 Å². The molecular formula is C24H30BN. The summed E-state index contributed by atoms with van der Waals surface area (Å²) in [5, 5.41) is 0. The van der Waals surface area contributed by atoms with Crippen molar-refractivity contribution in [2.24, 2.45) is 11.8 Å². The molecule has 2 aliphatic rings. The van der Waals surface area contributed by atoms with Crippen LogP contribution in [0.1, 0.15) is 19.3 Å². The zero-order chi connectivity index (χ0) is 19.1. The summed E-state index contributed by atoms with van der Waals surface area (Å²) in [7, 11) is 8.28. The van der Waals surface area contributed by atoms with E-state index in [0.717, 1.165) is 19.3 Å². The molecule has 2 rings (SSSR count). The Morgan fingerprint density at radius 3 is 2.23 bits per heavy atom. The van der Waals surface area contributed by atoms with Crippen LogP contribution < -0.4 is 0 Å². The zero-order valence-electron chi connectivity index (χ0n) is 16.0. The van der Waals surface area contributed by atoms with Gasteiger partial charge in [-0.3, -0.25) is 0 Å². The Morgan fingerprint density at radius 2 is 1.65 bits per heavy atom. The minimum atomic E-state index is 0.312. The second-order valence-corrected chi connectivity index (χ2v) is 7.02. The molecule has 1 aliphatic heterocycles. The largest absolute Gasteiger partial charge is 0.372 e. The molecule has 0 N–H and O–H groups in total.